The van der Waals surface area contributed by atoms with Crippen LogP contribution in [0, 0.1) is 0 Å². The van der Waals surface area contributed by atoms with Crippen molar-refractivity contribution >= 4 is 17.8 Å². The summed E-state index contributed by atoms with van der Waals surface area (Å²) in [7, 11) is 0. The number of primary amides is 1. The van der Waals surface area contributed by atoms with Gasteiger partial charge in [-0.05, 0) is 32.2 Å². The molecular weight excluding hydrogens is 250 g/mol. The first-order valence-electron chi connectivity index (χ1n) is 6.48. The molecule has 108 valence electrons. The topological polar surface area (TPSA) is 122 Å². The monoisotopic (exact) mass is 271 g/mol. The molecule has 2 amide bonds. The second-order valence-electron chi connectivity index (χ2n) is 4.84. The Hall–Kier alpha value is -1.63. The SMILES string of the molecule is CCC1(C(=O)N[C@@H](CCC(N)=O)C(=O)O)CCCN1. The highest BCUT2D eigenvalue weighted by Gasteiger charge is 2.40. The van der Waals surface area contributed by atoms with E-state index in [1.165, 1.54) is 0 Å². The zero-order valence-corrected chi connectivity index (χ0v) is 11.1. The summed E-state index contributed by atoms with van der Waals surface area (Å²) in [6.07, 6.45) is 2.12. The molecule has 1 heterocycles. The lowest BCUT2D eigenvalue weighted by atomic mass is 9.92. The van der Waals surface area contributed by atoms with Crippen molar-refractivity contribution in [3.63, 3.8) is 0 Å². The number of carboxylic acids is 1. The number of nitrogens with two attached hydrogens (primary N) is 1. The van der Waals surface area contributed by atoms with Crippen LogP contribution in [0.2, 0.25) is 0 Å². The van der Waals surface area contributed by atoms with Crippen LogP contribution in [0.15, 0.2) is 0 Å². The maximum absolute atomic E-state index is 12.2. The lowest BCUT2D eigenvalue weighted by molar-refractivity contribution is -0.143. The van der Waals surface area contributed by atoms with Crippen molar-refractivity contribution in [3.8, 4) is 0 Å². The molecule has 7 nitrogen and oxygen atoms in total. The Morgan fingerprint density at radius 1 is 1.47 bits per heavy atom. The van der Waals surface area contributed by atoms with E-state index >= 15 is 0 Å². The molecule has 19 heavy (non-hydrogen) atoms. The summed E-state index contributed by atoms with van der Waals surface area (Å²) < 4.78 is 0. The van der Waals surface area contributed by atoms with E-state index in [0.717, 1.165) is 13.0 Å². The fourth-order valence-corrected chi connectivity index (χ4v) is 2.30. The van der Waals surface area contributed by atoms with Crippen LogP contribution in [0.1, 0.15) is 39.0 Å². The largest absolute Gasteiger partial charge is 0.480 e. The summed E-state index contributed by atoms with van der Waals surface area (Å²) in [5.41, 5.74) is 4.31. The van der Waals surface area contributed by atoms with E-state index in [-0.39, 0.29) is 18.7 Å². The van der Waals surface area contributed by atoms with Crippen LogP contribution in [-0.4, -0.2) is 41.0 Å². The predicted molar refractivity (Wildman–Crippen MR) is 68.3 cm³/mol. The van der Waals surface area contributed by atoms with Gasteiger partial charge < -0.3 is 21.5 Å². The third kappa shape index (κ3) is 3.92. The minimum Gasteiger partial charge on any atom is -0.480 e. The fourth-order valence-electron chi connectivity index (χ4n) is 2.30. The molecule has 1 rings (SSSR count). The van der Waals surface area contributed by atoms with Gasteiger partial charge in [-0.3, -0.25) is 9.59 Å². The van der Waals surface area contributed by atoms with Crippen molar-refractivity contribution in [2.45, 2.75) is 50.6 Å². The van der Waals surface area contributed by atoms with E-state index in [2.05, 4.69) is 10.6 Å². The summed E-state index contributed by atoms with van der Waals surface area (Å²) in [6, 6.07) is -1.08. The molecule has 0 bridgehead atoms. The summed E-state index contributed by atoms with van der Waals surface area (Å²) in [6.45, 7) is 2.64. The molecule has 1 fully saturated rings. The fraction of sp³-hybridized carbons (Fsp3) is 0.750. The van der Waals surface area contributed by atoms with Crippen molar-refractivity contribution in [1.82, 2.24) is 10.6 Å². The third-order valence-corrected chi connectivity index (χ3v) is 3.56. The maximum atomic E-state index is 12.2. The van der Waals surface area contributed by atoms with Crippen LogP contribution in [0.5, 0.6) is 0 Å². The number of carbonyl (C=O) groups is 3. The van der Waals surface area contributed by atoms with Crippen LogP contribution >= 0.6 is 0 Å². The van der Waals surface area contributed by atoms with Crippen molar-refractivity contribution in [2.24, 2.45) is 5.73 Å². The van der Waals surface area contributed by atoms with Crippen LogP contribution in [0.25, 0.3) is 0 Å². The molecule has 0 radical (unpaired) electrons. The van der Waals surface area contributed by atoms with Gasteiger partial charge in [-0.1, -0.05) is 6.92 Å². The molecule has 0 saturated carbocycles. The summed E-state index contributed by atoms with van der Waals surface area (Å²) in [4.78, 5) is 34.0. The minimum atomic E-state index is -1.15. The van der Waals surface area contributed by atoms with E-state index in [9.17, 15) is 14.4 Å². The second kappa shape index (κ2) is 6.51. The van der Waals surface area contributed by atoms with E-state index in [4.69, 9.17) is 10.8 Å². The first-order chi connectivity index (χ1) is 8.91. The molecule has 5 N–H and O–H groups in total. The summed E-state index contributed by atoms with van der Waals surface area (Å²) >= 11 is 0. The average molecular weight is 271 g/mol. The molecular formula is C12H21N3O4. The van der Waals surface area contributed by atoms with Crippen molar-refractivity contribution < 1.29 is 19.5 Å². The van der Waals surface area contributed by atoms with E-state index in [1.54, 1.807) is 0 Å². The number of nitrogens with one attached hydrogen (secondary N) is 2. The molecule has 0 spiro atoms. The number of rotatable bonds is 7. The molecule has 1 unspecified atom stereocenters. The van der Waals surface area contributed by atoms with Gasteiger partial charge in [0.25, 0.3) is 0 Å². The Balaban J connectivity index is 2.65. The highest BCUT2D eigenvalue weighted by atomic mass is 16.4. The second-order valence-corrected chi connectivity index (χ2v) is 4.84. The quantitative estimate of drug-likeness (QED) is 0.490. The highest BCUT2D eigenvalue weighted by Crippen LogP contribution is 2.23. The number of aliphatic carboxylic acids is 1. The molecule has 1 saturated heterocycles. The standard InChI is InChI=1S/C12H21N3O4/c1-2-12(6-3-7-14-12)11(19)15-8(10(17)18)4-5-9(13)16/h8,14H,2-7H2,1H3,(H2,13,16)(H,15,19)(H,17,18)/t8-,12?/m0/s1. The predicted octanol–water partition coefficient (Wildman–Crippen LogP) is -0.646. The summed E-state index contributed by atoms with van der Waals surface area (Å²) in [5, 5.41) is 14.7. The Morgan fingerprint density at radius 2 is 2.16 bits per heavy atom. The van der Waals surface area contributed by atoms with Gasteiger partial charge in [0, 0.05) is 6.42 Å². The Kier molecular flexibility index (Phi) is 5.29. The Labute approximate surface area is 111 Å². The summed E-state index contributed by atoms with van der Waals surface area (Å²) in [5.74, 6) is -2.05. The molecule has 0 aromatic rings. The Morgan fingerprint density at radius 3 is 2.58 bits per heavy atom. The van der Waals surface area contributed by atoms with Gasteiger partial charge in [0.1, 0.15) is 6.04 Å². The normalized spacial score (nSPS) is 23.8. The molecule has 0 aliphatic carbocycles. The number of amides is 2. The average Bonchev–Trinajstić information content (AvgIpc) is 2.83. The number of carboxylic acid groups (broad SMARTS) is 1. The van der Waals surface area contributed by atoms with Crippen molar-refractivity contribution in [3.05, 3.63) is 0 Å². The van der Waals surface area contributed by atoms with Gasteiger partial charge in [-0.15, -0.1) is 0 Å². The molecule has 1 aliphatic heterocycles. The first kappa shape index (κ1) is 15.4. The lowest BCUT2D eigenvalue weighted by Crippen LogP contribution is -2.56. The van der Waals surface area contributed by atoms with Gasteiger partial charge in [-0.2, -0.15) is 0 Å². The van der Waals surface area contributed by atoms with Gasteiger partial charge in [0.2, 0.25) is 11.8 Å². The molecule has 7 heteroatoms. The number of hydrogen-bond donors (Lipinski definition) is 4. The van der Waals surface area contributed by atoms with Gasteiger partial charge in [0.05, 0.1) is 5.54 Å². The Bertz CT molecular complexity index is 364. The van der Waals surface area contributed by atoms with Gasteiger partial charge in [0.15, 0.2) is 0 Å². The van der Waals surface area contributed by atoms with Crippen LogP contribution in [0.4, 0.5) is 0 Å². The van der Waals surface area contributed by atoms with Gasteiger partial charge >= 0.3 is 5.97 Å². The maximum Gasteiger partial charge on any atom is 0.326 e. The third-order valence-electron chi connectivity index (χ3n) is 3.56. The van der Waals surface area contributed by atoms with E-state index in [0.29, 0.717) is 12.8 Å². The molecule has 1 aliphatic rings. The van der Waals surface area contributed by atoms with Crippen LogP contribution < -0.4 is 16.4 Å². The van der Waals surface area contributed by atoms with E-state index in [1.807, 2.05) is 6.92 Å². The number of carbonyl (C=O) groups excluding carboxylic acids is 2. The van der Waals surface area contributed by atoms with Crippen molar-refractivity contribution in [1.29, 1.82) is 0 Å². The van der Waals surface area contributed by atoms with Crippen LogP contribution in [-0.2, 0) is 14.4 Å². The molecule has 0 aromatic carbocycles. The van der Waals surface area contributed by atoms with E-state index < -0.39 is 23.5 Å². The van der Waals surface area contributed by atoms with Crippen LogP contribution in [0.3, 0.4) is 0 Å². The zero-order chi connectivity index (χ0) is 14.5. The number of hydrogen-bond acceptors (Lipinski definition) is 4. The van der Waals surface area contributed by atoms with Gasteiger partial charge in [-0.25, -0.2) is 4.79 Å². The smallest absolute Gasteiger partial charge is 0.326 e. The molecule has 0 aromatic heterocycles. The first-order valence-corrected chi connectivity index (χ1v) is 6.48. The minimum absolute atomic E-state index is 0.0101. The lowest BCUT2D eigenvalue weighted by Gasteiger charge is -2.28. The zero-order valence-electron chi connectivity index (χ0n) is 11.1. The highest BCUT2D eigenvalue weighted by molar-refractivity contribution is 5.90. The molecule has 2 atom stereocenters. The van der Waals surface area contributed by atoms with Crippen molar-refractivity contribution in [2.75, 3.05) is 6.54 Å².